The van der Waals surface area contributed by atoms with Gasteiger partial charge in [-0.2, -0.15) is 4.31 Å². The molecule has 1 fully saturated rings. The minimum atomic E-state index is -4.30. The Labute approximate surface area is 239 Å². The van der Waals surface area contributed by atoms with Crippen LogP contribution in [-0.2, 0) is 26.2 Å². The zero-order valence-corrected chi connectivity index (χ0v) is 23.9. The SMILES string of the molecule is COc1ccc(S(=O)(=O)N(CC(=O)OCc2ccccc2)C2CCC(Cl)CC2C(=O)c2ccccc2)cc1OC. The van der Waals surface area contributed by atoms with Crippen molar-refractivity contribution < 1.29 is 32.2 Å². The molecule has 0 spiro atoms. The van der Waals surface area contributed by atoms with E-state index in [2.05, 4.69) is 0 Å². The fourth-order valence-corrected chi connectivity index (χ4v) is 6.92. The maximum absolute atomic E-state index is 14.2. The number of benzene rings is 3. The van der Waals surface area contributed by atoms with Crippen LogP contribution in [0.3, 0.4) is 0 Å². The Bertz CT molecular complexity index is 1420. The molecule has 0 N–H and O–H groups in total. The lowest BCUT2D eigenvalue weighted by molar-refractivity contribution is -0.145. The molecule has 0 saturated heterocycles. The van der Waals surface area contributed by atoms with Gasteiger partial charge in [0, 0.05) is 29.0 Å². The normalized spacial score (nSPS) is 19.1. The molecule has 0 amide bonds. The number of hydrogen-bond acceptors (Lipinski definition) is 7. The van der Waals surface area contributed by atoms with Crippen LogP contribution in [0.2, 0.25) is 0 Å². The second-order valence-corrected chi connectivity index (χ2v) is 12.0. The van der Waals surface area contributed by atoms with Crippen molar-refractivity contribution in [2.45, 2.75) is 42.2 Å². The number of alkyl halides is 1. The maximum atomic E-state index is 14.2. The zero-order valence-electron chi connectivity index (χ0n) is 22.4. The van der Waals surface area contributed by atoms with Crippen molar-refractivity contribution in [3.05, 3.63) is 90.0 Å². The molecule has 40 heavy (non-hydrogen) atoms. The Morgan fingerprint density at radius 3 is 2.20 bits per heavy atom. The smallest absolute Gasteiger partial charge is 0.321 e. The molecule has 0 aromatic heterocycles. The van der Waals surface area contributed by atoms with E-state index < -0.39 is 34.5 Å². The fraction of sp³-hybridized carbons (Fsp3) is 0.333. The molecule has 1 saturated carbocycles. The van der Waals surface area contributed by atoms with Crippen molar-refractivity contribution in [1.82, 2.24) is 4.31 Å². The van der Waals surface area contributed by atoms with Crippen molar-refractivity contribution >= 4 is 33.4 Å². The van der Waals surface area contributed by atoms with E-state index in [1.807, 2.05) is 30.3 Å². The number of carbonyl (C=O) groups excluding carboxylic acids is 2. The second kappa shape index (κ2) is 13.3. The first-order valence-corrected chi connectivity index (χ1v) is 14.8. The van der Waals surface area contributed by atoms with Crippen molar-refractivity contribution in [2.24, 2.45) is 5.92 Å². The summed E-state index contributed by atoms with van der Waals surface area (Å²) in [5, 5.41) is -0.301. The average molecular weight is 586 g/mol. The molecule has 0 heterocycles. The van der Waals surface area contributed by atoms with Crippen LogP contribution in [0.25, 0.3) is 0 Å². The number of ketones is 1. The standard InChI is InChI=1S/C30H32ClNO7S/c1-37-27-16-14-24(18-28(27)38-2)40(35,36)32(19-29(33)39-20-21-9-5-3-6-10-21)26-15-13-23(31)17-25(26)30(34)22-11-7-4-8-12-22/h3-12,14,16,18,23,25-26H,13,15,17,19-20H2,1-2H3. The molecule has 10 heteroatoms. The highest BCUT2D eigenvalue weighted by molar-refractivity contribution is 7.89. The highest BCUT2D eigenvalue weighted by Gasteiger charge is 2.44. The van der Waals surface area contributed by atoms with Crippen LogP contribution in [0.4, 0.5) is 0 Å². The number of rotatable bonds is 11. The van der Waals surface area contributed by atoms with Gasteiger partial charge < -0.3 is 14.2 Å². The van der Waals surface area contributed by atoms with Crippen molar-refractivity contribution in [2.75, 3.05) is 20.8 Å². The van der Waals surface area contributed by atoms with E-state index in [-0.39, 0.29) is 34.8 Å². The Kier molecular flexibility index (Phi) is 9.84. The number of carbonyl (C=O) groups is 2. The summed E-state index contributed by atoms with van der Waals surface area (Å²) in [5.41, 5.74) is 1.23. The van der Waals surface area contributed by atoms with Gasteiger partial charge in [0.25, 0.3) is 0 Å². The fourth-order valence-electron chi connectivity index (χ4n) is 4.95. The van der Waals surface area contributed by atoms with Gasteiger partial charge in [-0.25, -0.2) is 8.42 Å². The summed E-state index contributed by atoms with van der Waals surface area (Å²) in [6.07, 6.45) is 1.06. The third-order valence-corrected chi connectivity index (χ3v) is 9.27. The third kappa shape index (κ3) is 6.83. The lowest BCUT2D eigenvalue weighted by Crippen LogP contribution is -2.51. The Morgan fingerprint density at radius 2 is 1.55 bits per heavy atom. The highest BCUT2D eigenvalue weighted by Crippen LogP contribution is 2.38. The van der Waals surface area contributed by atoms with E-state index >= 15 is 0 Å². The van der Waals surface area contributed by atoms with E-state index in [1.54, 1.807) is 30.3 Å². The summed E-state index contributed by atoms with van der Waals surface area (Å²) in [4.78, 5) is 26.7. The summed E-state index contributed by atoms with van der Waals surface area (Å²) in [5.74, 6) is -1.13. The Morgan fingerprint density at radius 1 is 0.900 bits per heavy atom. The molecule has 4 rings (SSSR count). The maximum Gasteiger partial charge on any atom is 0.321 e. The van der Waals surface area contributed by atoms with Crippen LogP contribution < -0.4 is 9.47 Å². The predicted octanol–water partition coefficient (Wildman–Crippen LogP) is 5.10. The quantitative estimate of drug-likeness (QED) is 0.175. The number of Topliss-reactive ketones (excluding diaryl/α,β-unsaturated/α-hetero) is 1. The van der Waals surface area contributed by atoms with Gasteiger partial charge in [0.05, 0.1) is 19.1 Å². The molecule has 3 aromatic carbocycles. The minimum absolute atomic E-state index is 0.00921. The largest absolute Gasteiger partial charge is 0.493 e. The second-order valence-electron chi connectivity index (χ2n) is 9.53. The van der Waals surface area contributed by atoms with E-state index in [4.69, 9.17) is 25.8 Å². The molecular weight excluding hydrogens is 554 g/mol. The van der Waals surface area contributed by atoms with Crippen LogP contribution in [0.15, 0.2) is 83.8 Å². The molecule has 3 aromatic rings. The van der Waals surface area contributed by atoms with E-state index in [1.165, 1.54) is 32.4 Å². The number of nitrogens with zero attached hydrogens (tertiary/aromatic N) is 1. The third-order valence-electron chi connectivity index (χ3n) is 7.00. The van der Waals surface area contributed by atoms with Gasteiger partial charge in [0.15, 0.2) is 17.3 Å². The number of methoxy groups -OCH3 is 2. The number of esters is 1. The molecule has 212 valence electrons. The topological polar surface area (TPSA) is 99.2 Å². The van der Waals surface area contributed by atoms with Crippen molar-refractivity contribution in [1.29, 1.82) is 0 Å². The molecule has 1 aliphatic carbocycles. The molecule has 3 unspecified atom stereocenters. The summed E-state index contributed by atoms with van der Waals surface area (Å²) in [6, 6.07) is 21.2. The van der Waals surface area contributed by atoms with Crippen molar-refractivity contribution in [3.63, 3.8) is 0 Å². The average Bonchev–Trinajstić information content (AvgIpc) is 2.99. The van der Waals surface area contributed by atoms with Crippen LogP contribution in [0.1, 0.15) is 35.2 Å². The minimum Gasteiger partial charge on any atom is -0.493 e. The molecular formula is C30H32ClNO7S. The monoisotopic (exact) mass is 585 g/mol. The van der Waals surface area contributed by atoms with Crippen molar-refractivity contribution in [3.8, 4) is 11.5 Å². The van der Waals surface area contributed by atoms with Gasteiger partial charge in [-0.1, -0.05) is 60.7 Å². The lowest BCUT2D eigenvalue weighted by Gasteiger charge is -2.39. The van der Waals surface area contributed by atoms with E-state index in [0.29, 0.717) is 24.2 Å². The molecule has 3 atom stereocenters. The van der Waals surface area contributed by atoms with Gasteiger partial charge in [-0.15, -0.1) is 11.6 Å². The van der Waals surface area contributed by atoms with Gasteiger partial charge in [0.2, 0.25) is 10.0 Å². The number of sulfonamides is 1. The van der Waals surface area contributed by atoms with Crippen LogP contribution in [0.5, 0.6) is 11.5 Å². The van der Waals surface area contributed by atoms with Gasteiger partial charge in [-0.3, -0.25) is 9.59 Å². The number of halogens is 1. The molecule has 8 nitrogen and oxygen atoms in total. The summed E-state index contributed by atoms with van der Waals surface area (Å²) in [7, 11) is -1.44. The van der Waals surface area contributed by atoms with E-state index in [9.17, 15) is 18.0 Å². The first-order chi connectivity index (χ1) is 19.2. The zero-order chi connectivity index (χ0) is 28.7. The van der Waals surface area contributed by atoms with E-state index in [0.717, 1.165) is 9.87 Å². The molecule has 0 bridgehead atoms. The first kappa shape index (κ1) is 29.6. The Balaban J connectivity index is 1.71. The van der Waals surface area contributed by atoms with Gasteiger partial charge in [-0.05, 0) is 37.0 Å². The summed E-state index contributed by atoms with van der Waals surface area (Å²) in [6.45, 7) is -0.579. The Hall–Kier alpha value is -3.40. The van der Waals surface area contributed by atoms with Crippen LogP contribution in [-0.4, -0.2) is 56.7 Å². The summed E-state index contributed by atoms with van der Waals surface area (Å²) >= 11 is 6.50. The van der Waals surface area contributed by atoms with Crippen LogP contribution >= 0.6 is 11.6 Å². The van der Waals surface area contributed by atoms with Gasteiger partial charge >= 0.3 is 5.97 Å². The van der Waals surface area contributed by atoms with Crippen LogP contribution in [0, 0.1) is 5.92 Å². The predicted molar refractivity (Wildman–Crippen MR) is 151 cm³/mol. The molecule has 0 aliphatic heterocycles. The molecule has 0 radical (unpaired) electrons. The number of hydrogen-bond donors (Lipinski definition) is 0. The lowest BCUT2D eigenvalue weighted by atomic mass is 9.79. The highest BCUT2D eigenvalue weighted by atomic mass is 35.5. The first-order valence-electron chi connectivity index (χ1n) is 12.9. The summed E-state index contributed by atoms with van der Waals surface area (Å²) < 4.78 is 45.5. The van der Waals surface area contributed by atoms with Gasteiger partial charge in [0.1, 0.15) is 13.2 Å². The molecule has 1 aliphatic rings. The number of ether oxygens (including phenoxy) is 3.